The van der Waals surface area contributed by atoms with Crippen LogP contribution in [0.15, 0.2) is 60.7 Å². The minimum Gasteiger partial charge on any atom is -0.497 e. The van der Waals surface area contributed by atoms with Crippen LogP contribution in [0.3, 0.4) is 0 Å². The van der Waals surface area contributed by atoms with Gasteiger partial charge < -0.3 is 14.6 Å². The molecular weight excluding hydrogens is 300 g/mol. The van der Waals surface area contributed by atoms with Crippen molar-refractivity contribution >= 4 is 11.6 Å². The Balaban J connectivity index is 1.94. The van der Waals surface area contributed by atoms with E-state index in [0.29, 0.717) is 0 Å². The van der Waals surface area contributed by atoms with Crippen molar-refractivity contribution in [3.05, 3.63) is 71.8 Å². The first-order chi connectivity index (χ1) is 11.5. The fraction of sp³-hybridized carbons (Fsp3) is 0.238. The maximum Gasteiger partial charge on any atom is 0.131 e. The molecule has 124 valence electrons. The fourth-order valence-corrected chi connectivity index (χ4v) is 2.83. The highest BCUT2D eigenvalue weighted by atomic mass is 16.5. The fourth-order valence-electron chi connectivity index (χ4n) is 2.83. The van der Waals surface area contributed by atoms with Crippen molar-refractivity contribution in [2.45, 2.75) is 25.6 Å². The Morgan fingerprint density at radius 3 is 2.58 bits per heavy atom. The molecule has 3 heteroatoms. The third-order valence-electron chi connectivity index (χ3n) is 3.97. The number of hydrogen-bond acceptors (Lipinski definition) is 3. The summed E-state index contributed by atoms with van der Waals surface area (Å²) in [6, 6.07) is 15.6. The van der Waals surface area contributed by atoms with E-state index in [1.165, 1.54) is 0 Å². The van der Waals surface area contributed by atoms with Crippen LogP contribution in [0, 0.1) is 0 Å². The first-order valence-corrected chi connectivity index (χ1v) is 8.00. The molecule has 1 aliphatic heterocycles. The third kappa shape index (κ3) is 3.52. The first-order valence-electron chi connectivity index (χ1n) is 8.00. The van der Waals surface area contributed by atoms with E-state index in [-0.39, 0.29) is 0 Å². The lowest BCUT2D eigenvalue weighted by molar-refractivity contribution is 0.154. The van der Waals surface area contributed by atoms with Gasteiger partial charge in [0.1, 0.15) is 17.1 Å². The second-order valence-electron chi connectivity index (χ2n) is 6.38. The summed E-state index contributed by atoms with van der Waals surface area (Å²) in [4.78, 5) is 0. The van der Waals surface area contributed by atoms with Crippen LogP contribution in [0.25, 0.3) is 11.6 Å². The van der Waals surface area contributed by atoms with E-state index < -0.39 is 11.7 Å². The molecule has 0 spiro atoms. The lowest BCUT2D eigenvalue weighted by Gasteiger charge is -2.32. The summed E-state index contributed by atoms with van der Waals surface area (Å²) in [6.07, 6.45) is 5.00. The number of aliphatic hydroxyl groups excluding tert-OH is 1. The Kier molecular flexibility index (Phi) is 4.45. The number of aliphatic hydroxyl groups is 1. The molecule has 3 nitrogen and oxygen atoms in total. The molecular formula is C21H22O3. The summed E-state index contributed by atoms with van der Waals surface area (Å²) in [5.41, 5.74) is 2.30. The molecule has 0 bridgehead atoms. The highest BCUT2D eigenvalue weighted by Gasteiger charge is 2.29. The molecule has 1 atom stereocenters. The highest BCUT2D eigenvalue weighted by molar-refractivity contribution is 5.78. The monoisotopic (exact) mass is 322 g/mol. The molecule has 0 saturated carbocycles. The van der Waals surface area contributed by atoms with Gasteiger partial charge in [-0.05, 0) is 43.2 Å². The van der Waals surface area contributed by atoms with Gasteiger partial charge in [-0.2, -0.15) is 0 Å². The Bertz CT molecular complexity index is 773. The van der Waals surface area contributed by atoms with E-state index in [9.17, 15) is 5.11 Å². The van der Waals surface area contributed by atoms with Gasteiger partial charge in [0.05, 0.1) is 13.2 Å². The normalized spacial score (nSPS) is 16.9. The van der Waals surface area contributed by atoms with Crippen LogP contribution in [0.4, 0.5) is 0 Å². The zero-order valence-corrected chi connectivity index (χ0v) is 14.2. The Morgan fingerprint density at radius 2 is 1.88 bits per heavy atom. The van der Waals surface area contributed by atoms with Gasteiger partial charge in [-0.15, -0.1) is 0 Å². The minimum atomic E-state index is -0.708. The largest absolute Gasteiger partial charge is 0.497 e. The molecule has 0 saturated heterocycles. The van der Waals surface area contributed by atoms with Crippen molar-refractivity contribution < 1.29 is 14.6 Å². The van der Waals surface area contributed by atoms with Gasteiger partial charge in [0.2, 0.25) is 0 Å². The summed E-state index contributed by atoms with van der Waals surface area (Å²) >= 11 is 0. The zero-order chi connectivity index (χ0) is 17.2. The topological polar surface area (TPSA) is 38.7 Å². The van der Waals surface area contributed by atoms with Gasteiger partial charge in [0.25, 0.3) is 0 Å². The summed E-state index contributed by atoms with van der Waals surface area (Å²) in [6.45, 7) is 3.95. The maximum atomic E-state index is 10.7. The quantitative estimate of drug-likeness (QED) is 0.911. The summed E-state index contributed by atoms with van der Waals surface area (Å²) < 4.78 is 11.3. The molecule has 1 aliphatic rings. The van der Waals surface area contributed by atoms with Gasteiger partial charge in [0.15, 0.2) is 0 Å². The highest BCUT2D eigenvalue weighted by Crippen LogP contribution is 2.39. The van der Waals surface area contributed by atoms with Gasteiger partial charge in [-0.1, -0.05) is 42.5 Å². The summed E-state index contributed by atoms with van der Waals surface area (Å²) in [5.74, 6) is 1.46. The molecule has 1 unspecified atom stereocenters. The summed E-state index contributed by atoms with van der Waals surface area (Å²) in [5, 5.41) is 10.7. The number of benzene rings is 2. The lowest BCUT2D eigenvalue weighted by atomic mass is 9.91. The second kappa shape index (κ2) is 6.54. The molecule has 0 fully saturated rings. The Morgan fingerprint density at radius 1 is 1.12 bits per heavy atom. The molecule has 0 amide bonds. The van der Waals surface area contributed by atoms with Crippen molar-refractivity contribution in [3.8, 4) is 11.5 Å². The number of methoxy groups -OCH3 is 1. The van der Waals surface area contributed by atoms with E-state index in [1.807, 2.05) is 74.5 Å². The SMILES string of the molecule is COc1ccc2c(c1)OC(C)(C)C=C2C(O)/C=C/c1ccccc1. The molecule has 2 aromatic carbocycles. The van der Waals surface area contributed by atoms with E-state index in [1.54, 1.807) is 13.2 Å². The summed E-state index contributed by atoms with van der Waals surface area (Å²) in [7, 11) is 1.63. The van der Waals surface area contributed by atoms with E-state index >= 15 is 0 Å². The number of fused-ring (bicyclic) bond motifs is 1. The molecule has 1 N–H and O–H groups in total. The van der Waals surface area contributed by atoms with Crippen molar-refractivity contribution in [1.82, 2.24) is 0 Å². The average Bonchev–Trinajstić information content (AvgIpc) is 2.58. The molecule has 0 aromatic heterocycles. The predicted molar refractivity (Wildman–Crippen MR) is 97.2 cm³/mol. The van der Waals surface area contributed by atoms with E-state index in [4.69, 9.17) is 9.47 Å². The average molecular weight is 322 g/mol. The molecule has 2 aromatic rings. The van der Waals surface area contributed by atoms with E-state index in [2.05, 4.69) is 0 Å². The minimum absolute atomic E-state index is 0.490. The molecule has 3 rings (SSSR count). The van der Waals surface area contributed by atoms with Crippen molar-refractivity contribution in [2.75, 3.05) is 7.11 Å². The first kappa shape index (κ1) is 16.3. The van der Waals surface area contributed by atoms with Gasteiger partial charge >= 0.3 is 0 Å². The van der Waals surface area contributed by atoms with Crippen LogP contribution in [0.1, 0.15) is 25.0 Å². The van der Waals surface area contributed by atoms with Gasteiger partial charge in [-0.25, -0.2) is 0 Å². The van der Waals surface area contributed by atoms with Crippen molar-refractivity contribution in [3.63, 3.8) is 0 Å². The van der Waals surface area contributed by atoms with Crippen LogP contribution >= 0.6 is 0 Å². The number of hydrogen-bond donors (Lipinski definition) is 1. The number of rotatable bonds is 4. The number of ether oxygens (including phenoxy) is 2. The standard InChI is InChI=1S/C21H22O3/c1-21(2)14-18(17-11-10-16(23-3)13-20(17)24-21)19(22)12-9-15-7-5-4-6-8-15/h4-14,19,22H,1-3H3/b12-9+. The molecule has 0 radical (unpaired) electrons. The maximum absolute atomic E-state index is 10.7. The van der Waals surface area contributed by atoms with Crippen molar-refractivity contribution in [1.29, 1.82) is 0 Å². The zero-order valence-electron chi connectivity index (χ0n) is 14.2. The van der Waals surface area contributed by atoms with Crippen LogP contribution in [-0.4, -0.2) is 23.9 Å². The lowest BCUT2D eigenvalue weighted by Crippen LogP contribution is -2.30. The molecule has 24 heavy (non-hydrogen) atoms. The second-order valence-corrected chi connectivity index (χ2v) is 6.38. The molecule has 0 aliphatic carbocycles. The third-order valence-corrected chi connectivity index (χ3v) is 3.97. The smallest absolute Gasteiger partial charge is 0.131 e. The predicted octanol–water partition coefficient (Wildman–Crippen LogP) is 4.32. The van der Waals surface area contributed by atoms with Crippen molar-refractivity contribution in [2.24, 2.45) is 0 Å². The van der Waals surface area contributed by atoms with Crippen LogP contribution in [0.2, 0.25) is 0 Å². The van der Waals surface area contributed by atoms with Gasteiger partial charge in [0, 0.05) is 11.6 Å². The van der Waals surface area contributed by atoms with Crippen LogP contribution < -0.4 is 9.47 Å². The Hall–Kier alpha value is -2.52. The van der Waals surface area contributed by atoms with Gasteiger partial charge in [-0.3, -0.25) is 0 Å². The molecule has 1 heterocycles. The van der Waals surface area contributed by atoms with Crippen LogP contribution in [-0.2, 0) is 0 Å². The van der Waals surface area contributed by atoms with Crippen LogP contribution in [0.5, 0.6) is 11.5 Å². The van der Waals surface area contributed by atoms with E-state index in [0.717, 1.165) is 28.2 Å². The Labute approximate surface area is 142 Å².